The predicted molar refractivity (Wildman–Crippen MR) is 107 cm³/mol. The number of nitrogens with one attached hydrogen (secondary N) is 1. The van der Waals surface area contributed by atoms with Crippen molar-refractivity contribution in [3.63, 3.8) is 0 Å². The number of benzene rings is 1. The fourth-order valence-electron chi connectivity index (χ4n) is 2.30. The molecule has 1 aromatic carbocycles. The Balaban J connectivity index is 1.82. The Morgan fingerprint density at radius 3 is 2.60 bits per heavy atom. The number of carbonyl (C=O) groups excluding carboxylic acids is 1. The van der Waals surface area contributed by atoms with Crippen LogP contribution in [-0.2, 0) is 0 Å². The molecule has 3 rings (SSSR count). The second-order valence-corrected chi connectivity index (χ2v) is 7.80. The van der Waals surface area contributed by atoms with Crippen molar-refractivity contribution in [1.82, 2.24) is 9.97 Å². The van der Waals surface area contributed by atoms with E-state index in [1.807, 2.05) is 50.2 Å². The molecule has 1 amide bonds. The second-order valence-electron chi connectivity index (χ2n) is 5.68. The van der Waals surface area contributed by atoms with E-state index in [1.54, 1.807) is 18.3 Å². The smallest absolute Gasteiger partial charge is 0.257 e. The number of nitrogens with zero attached hydrogens (tertiary/aromatic N) is 3. The highest BCUT2D eigenvalue weighted by atomic mass is 79.9. The van der Waals surface area contributed by atoms with Crippen LogP contribution in [-0.4, -0.2) is 30.0 Å². The largest absolute Gasteiger partial charge is 0.363 e. The maximum Gasteiger partial charge on any atom is 0.257 e. The molecule has 7 heteroatoms. The van der Waals surface area contributed by atoms with Crippen molar-refractivity contribution in [2.45, 2.75) is 6.92 Å². The number of aromatic nitrogens is 2. The lowest BCUT2D eigenvalue weighted by Gasteiger charge is -2.11. The average molecular weight is 417 g/mol. The summed E-state index contributed by atoms with van der Waals surface area (Å²) in [4.78, 5) is 24.2. The van der Waals surface area contributed by atoms with Gasteiger partial charge in [-0.05, 0) is 31.2 Å². The zero-order chi connectivity index (χ0) is 18.0. The summed E-state index contributed by atoms with van der Waals surface area (Å²) in [5.41, 5.74) is 2.46. The van der Waals surface area contributed by atoms with Crippen molar-refractivity contribution in [2.24, 2.45) is 0 Å². The molecule has 25 heavy (non-hydrogen) atoms. The molecule has 5 nitrogen and oxygen atoms in total. The van der Waals surface area contributed by atoms with Gasteiger partial charge in [-0.25, -0.2) is 9.97 Å². The van der Waals surface area contributed by atoms with Gasteiger partial charge in [0.25, 0.3) is 5.91 Å². The van der Waals surface area contributed by atoms with Crippen LogP contribution in [0.3, 0.4) is 0 Å². The van der Waals surface area contributed by atoms with Crippen LogP contribution in [0.5, 0.6) is 0 Å². The number of anilines is 2. The first kappa shape index (κ1) is 17.6. The molecule has 2 heterocycles. The Hall–Kier alpha value is -2.25. The zero-order valence-electron chi connectivity index (χ0n) is 14.1. The number of halogens is 1. The fraction of sp³-hybridized carbons (Fsp3) is 0.167. The molecule has 0 bridgehead atoms. The van der Waals surface area contributed by atoms with E-state index in [0.717, 1.165) is 26.4 Å². The number of hydrogen-bond acceptors (Lipinski definition) is 5. The minimum absolute atomic E-state index is 0.193. The maximum atomic E-state index is 12.5. The minimum atomic E-state index is -0.193. The highest BCUT2D eigenvalue weighted by Crippen LogP contribution is 2.31. The summed E-state index contributed by atoms with van der Waals surface area (Å²) in [6.45, 7) is 2.00. The first-order valence-electron chi connectivity index (χ1n) is 7.62. The zero-order valence-corrected chi connectivity index (χ0v) is 16.5. The molecule has 2 aromatic heterocycles. The van der Waals surface area contributed by atoms with E-state index in [-0.39, 0.29) is 5.91 Å². The molecular weight excluding hydrogens is 400 g/mol. The van der Waals surface area contributed by atoms with E-state index in [1.165, 1.54) is 11.3 Å². The normalized spacial score (nSPS) is 10.6. The van der Waals surface area contributed by atoms with Gasteiger partial charge in [-0.2, -0.15) is 0 Å². The van der Waals surface area contributed by atoms with Gasteiger partial charge in [0.05, 0.1) is 5.69 Å². The van der Waals surface area contributed by atoms with Crippen LogP contribution in [0.15, 0.2) is 47.1 Å². The van der Waals surface area contributed by atoms with Gasteiger partial charge in [0, 0.05) is 40.8 Å². The number of pyridine rings is 1. The molecule has 0 atom stereocenters. The molecule has 0 saturated carbocycles. The molecule has 0 saturated heterocycles. The van der Waals surface area contributed by atoms with Crippen molar-refractivity contribution in [3.05, 3.63) is 57.5 Å². The molecule has 0 aliphatic rings. The van der Waals surface area contributed by atoms with Gasteiger partial charge in [-0.15, -0.1) is 11.3 Å². The lowest BCUT2D eigenvalue weighted by molar-refractivity contribution is 0.102. The van der Waals surface area contributed by atoms with Gasteiger partial charge in [-0.3, -0.25) is 10.1 Å². The Bertz CT molecular complexity index is 906. The van der Waals surface area contributed by atoms with Crippen molar-refractivity contribution in [3.8, 4) is 11.3 Å². The maximum absolute atomic E-state index is 12.5. The number of carbonyl (C=O) groups is 1. The van der Waals surface area contributed by atoms with Gasteiger partial charge in [0.1, 0.15) is 5.82 Å². The van der Waals surface area contributed by atoms with E-state index in [0.29, 0.717) is 10.7 Å². The number of hydrogen-bond donors (Lipinski definition) is 1. The summed E-state index contributed by atoms with van der Waals surface area (Å²) in [7, 11) is 3.78. The summed E-state index contributed by atoms with van der Waals surface area (Å²) in [5.74, 6) is 0.542. The van der Waals surface area contributed by atoms with Crippen LogP contribution in [0.1, 0.15) is 15.2 Å². The minimum Gasteiger partial charge on any atom is -0.363 e. The lowest BCUT2D eigenvalue weighted by Crippen LogP contribution is -2.15. The quantitative estimate of drug-likeness (QED) is 0.675. The molecular formula is C18H17BrN4OS. The summed E-state index contributed by atoms with van der Waals surface area (Å²) in [6, 6.07) is 11.4. The molecule has 0 unspecified atom stereocenters. The topological polar surface area (TPSA) is 58.1 Å². The van der Waals surface area contributed by atoms with Crippen LogP contribution >= 0.6 is 27.3 Å². The van der Waals surface area contributed by atoms with E-state index in [2.05, 4.69) is 31.2 Å². The number of rotatable bonds is 4. The van der Waals surface area contributed by atoms with Crippen LogP contribution in [0.4, 0.5) is 10.9 Å². The molecule has 3 aromatic rings. The van der Waals surface area contributed by atoms with E-state index in [9.17, 15) is 4.79 Å². The summed E-state index contributed by atoms with van der Waals surface area (Å²) < 4.78 is 1.02. The Labute approximate surface area is 158 Å². The van der Waals surface area contributed by atoms with Gasteiger partial charge in [-0.1, -0.05) is 28.1 Å². The predicted octanol–water partition coefficient (Wildman–Crippen LogP) is 4.59. The third-order valence-electron chi connectivity index (χ3n) is 3.60. The monoisotopic (exact) mass is 416 g/mol. The van der Waals surface area contributed by atoms with Gasteiger partial charge in [0.2, 0.25) is 0 Å². The Morgan fingerprint density at radius 2 is 1.92 bits per heavy atom. The molecule has 0 fully saturated rings. The third-order valence-corrected chi connectivity index (χ3v) is 5.02. The first-order chi connectivity index (χ1) is 11.9. The lowest BCUT2D eigenvalue weighted by atomic mass is 10.1. The Kier molecular flexibility index (Phi) is 5.15. The summed E-state index contributed by atoms with van der Waals surface area (Å²) >= 11 is 4.90. The number of amides is 1. The highest BCUT2D eigenvalue weighted by molar-refractivity contribution is 9.10. The highest BCUT2D eigenvalue weighted by Gasteiger charge is 2.14. The van der Waals surface area contributed by atoms with Crippen molar-refractivity contribution in [2.75, 3.05) is 24.3 Å². The van der Waals surface area contributed by atoms with Crippen LogP contribution in [0, 0.1) is 6.92 Å². The molecule has 0 spiro atoms. The number of thiazole rings is 1. The average Bonchev–Trinajstić information content (AvgIpc) is 2.96. The summed E-state index contributed by atoms with van der Waals surface area (Å²) in [6.07, 6.45) is 1.63. The standard InChI is InChI=1S/C18H17BrN4OS/c1-11-16(12-4-6-14(19)7-5-12)21-18(25-11)22-17(24)13-8-9-20-15(10-13)23(2)3/h4-10H,1-3H3,(H,21,22,24). The summed E-state index contributed by atoms with van der Waals surface area (Å²) in [5, 5.41) is 3.47. The molecule has 0 radical (unpaired) electrons. The Morgan fingerprint density at radius 1 is 1.20 bits per heavy atom. The SMILES string of the molecule is Cc1sc(NC(=O)c2ccnc(N(C)C)c2)nc1-c1ccc(Br)cc1. The third kappa shape index (κ3) is 4.05. The van der Waals surface area contributed by atoms with Crippen LogP contribution in [0.25, 0.3) is 11.3 Å². The van der Waals surface area contributed by atoms with Crippen LogP contribution < -0.4 is 10.2 Å². The molecule has 0 aliphatic carbocycles. The molecule has 1 N–H and O–H groups in total. The van der Waals surface area contributed by atoms with E-state index < -0.39 is 0 Å². The van der Waals surface area contributed by atoms with Crippen molar-refractivity contribution in [1.29, 1.82) is 0 Å². The fourth-order valence-corrected chi connectivity index (χ4v) is 3.39. The number of aryl methyl sites for hydroxylation is 1. The van der Waals surface area contributed by atoms with Gasteiger partial charge < -0.3 is 4.90 Å². The first-order valence-corrected chi connectivity index (χ1v) is 9.23. The van der Waals surface area contributed by atoms with Gasteiger partial charge >= 0.3 is 0 Å². The van der Waals surface area contributed by atoms with Gasteiger partial charge in [0.15, 0.2) is 5.13 Å². The van der Waals surface area contributed by atoms with Crippen molar-refractivity contribution >= 4 is 44.1 Å². The van der Waals surface area contributed by atoms with E-state index in [4.69, 9.17) is 0 Å². The molecule has 128 valence electrons. The van der Waals surface area contributed by atoms with E-state index >= 15 is 0 Å². The van der Waals surface area contributed by atoms with Crippen LogP contribution in [0.2, 0.25) is 0 Å². The van der Waals surface area contributed by atoms with Crippen molar-refractivity contribution < 1.29 is 4.79 Å². The molecule has 0 aliphatic heterocycles. The second kappa shape index (κ2) is 7.33.